The fourth-order valence-corrected chi connectivity index (χ4v) is 6.96. The van der Waals surface area contributed by atoms with Gasteiger partial charge in [-0.3, -0.25) is 9.80 Å². The summed E-state index contributed by atoms with van der Waals surface area (Å²) in [4.78, 5) is 13.2. The number of hydrogen-bond acceptors (Lipinski definition) is 6. The van der Waals surface area contributed by atoms with E-state index >= 15 is 0 Å². The van der Waals surface area contributed by atoms with Gasteiger partial charge in [-0.05, 0) is 61.3 Å². The van der Waals surface area contributed by atoms with Gasteiger partial charge in [0.05, 0.1) is 26.3 Å². The van der Waals surface area contributed by atoms with Crippen LogP contribution in [0.1, 0.15) is 40.7 Å². The highest BCUT2D eigenvalue weighted by Crippen LogP contribution is 2.49. The molecule has 1 saturated heterocycles. The summed E-state index contributed by atoms with van der Waals surface area (Å²) in [6.45, 7) is 4.72. The molecule has 0 radical (unpaired) electrons. The quantitative estimate of drug-likeness (QED) is 0.356. The molecule has 8 heteroatoms. The summed E-state index contributed by atoms with van der Waals surface area (Å²) >= 11 is 7.88. The number of likely N-dealkylation sites (tertiary alicyclic amines) is 1. The number of rotatable bonds is 6. The Morgan fingerprint density at radius 1 is 1.17 bits per heavy atom. The Balaban J connectivity index is 1.38. The monoisotopic (exact) mass is 522 g/mol. The summed E-state index contributed by atoms with van der Waals surface area (Å²) in [6.07, 6.45) is 4.03. The fraction of sp³-hybridized carbons (Fsp3) is 0.393. The summed E-state index contributed by atoms with van der Waals surface area (Å²) < 4.78 is 5.52. The Bertz CT molecular complexity index is 1330. The van der Waals surface area contributed by atoms with Crippen molar-refractivity contribution in [2.75, 3.05) is 33.4 Å². The predicted molar refractivity (Wildman–Crippen MR) is 145 cm³/mol. The van der Waals surface area contributed by atoms with Crippen molar-refractivity contribution < 1.29 is 9.84 Å². The number of nitrogens with zero attached hydrogens (tertiary/aromatic N) is 3. The maximum atomic E-state index is 10.6. The van der Waals surface area contributed by atoms with Crippen molar-refractivity contribution in [3.63, 3.8) is 0 Å². The number of methoxy groups -OCH3 is 1. The normalized spacial score (nSPS) is 20.1. The van der Waals surface area contributed by atoms with Gasteiger partial charge in [-0.1, -0.05) is 23.7 Å². The van der Waals surface area contributed by atoms with Crippen LogP contribution in [0.25, 0.3) is 10.9 Å². The molecule has 4 heterocycles. The van der Waals surface area contributed by atoms with Crippen LogP contribution in [-0.2, 0) is 18.5 Å². The minimum Gasteiger partial charge on any atom is -0.497 e. The van der Waals surface area contributed by atoms with Crippen LogP contribution in [0.3, 0.4) is 0 Å². The molecule has 6 rings (SSSR count). The summed E-state index contributed by atoms with van der Waals surface area (Å²) in [6, 6.07) is 14.3. The third-order valence-corrected chi connectivity index (χ3v) is 8.99. The molecule has 36 heavy (non-hydrogen) atoms. The first-order valence-electron chi connectivity index (χ1n) is 12.5. The van der Waals surface area contributed by atoms with Crippen LogP contribution < -0.4 is 4.74 Å². The molecule has 188 valence electrons. The van der Waals surface area contributed by atoms with Gasteiger partial charge in [-0.15, -0.1) is 11.3 Å². The summed E-state index contributed by atoms with van der Waals surface area (Å²) in [5, 5.41) is 15.8. The highest BCUT2D eigenvalue weighted by Gasteiger charge is 2.47. The van der Waals surface area contributed by atoms with Crippen molar-refractivity contribution >= 4 is 33.8 Å². The van der Waals surface area contributed by atoms with Crippen LogP contribution in [0.2, 0.25) is 5.02 Å². The zero-order chi connectivity index (χ0) is 24.7. The number of nitrogens with one attached hydrogen (secondary N) is 1. The lowest BCUT2D eigenvalue weighted by molar-refractivity contribution is 0.0420. The number of H-pyrrole nitrogens is 1. The second-order valence-corrected chi connectivity index (χ2v) is 11.5. The van der Waals surface area contributed by atoms with Crippen molar-refractivity contribution in [1.82, 2.24) is 19.8 Å². The number of fused-ring (bicyclic) bond motifs is 4. The molecule has 0 unspecified atom stereocenters. The molecular formula is C28H31ClN4O2S. The predicted octanol–water partition coefficient (Wildman–Crippen LogP) is 5.37. The molecule has 2 aliphatic rings. The average molecular weight is 523 g/mol. The molecule has 1 spiro atoms. The van der Waals surface area contributed by atoms with Gasteiger partial charge in [-0.2, -0.15) is 0 Å². The van der Waals surface area contributed by atoms with Crippen molar-refractivity contribution in [2.24, 2.45) is 0 Å². The maximum Gasteiger partial charge on any atom is 0.120 e. The van der Waals surface area contributed by atoms with Crippen molar-refractivity contribution in [1.29, 1.82) is 0 Å². The second-order valence-electron chi connectivity index (χ2n) is 10.0. The Morgan fingerprint density at radius 3 is 2.67 bits per heavy atom. The number of piperidine rings is 1. The van der Waals surface area contributed by atoms with E-state index in [2.05, 4.69) is 55.5 Å². The second kappa shape index (κ2) is 9.80. The zero-order valence-electron chi connectivity index (χ0n) is 20.4. The van der Waals surface area contributed by atoms with Crippen LogP contribution in [0, 0.1) is 0 Å². The Hall–Kier alpha value is -2.42. The van der Waals surface area contributed by atoms with E-state index in [0.717, 1.165) is 67.5 Å². The van der Waals surface area contributed by atoms with Gasteiger partial charge in [0.1, 0.15) is 10.8 Å². The van der Waals surface area contributed by atoms with Crippen LogP contribution in [0.5, 0.6) is 5.75 Å². The first-order chi connectivity index (χ1) is 17.6. The largest absolute Gasteiger partial charge is 0.497 e. The van der Waals surface area contributed by atoms with E-state index in [4.69, 9.17) is 16.3 Å². The van der Waals surface area contributed by atoms with Gasteiger partial charge in [0, 0.05) is 57.8 Å². The minimum absolute atomic E-state index is 0.0135. The van der Waals surface area contributed by atoms with E-state index in [1.54, 1.807) is 18.4 Å². The molecule has 1 atom stereocenters. The number of aliphatic hydroxyl groups excluding tert-OH is 1. The number of aromatic nitrogens is 2. The SMILES string of the molecule is COc1ccc2c3c([nH]c2c1)[C@H](CO)N(Cc1ccc(Cl)cc1)CC31CCN(Cc2nccs2)CC1. The number of aromatic amines is 1. The fourth-order valence-electron chi connectivity index (χ4n) is 6.17. The number of ether oxygens (including phenoxy) is 1. The number of halogens is 1. The van der Waals surface area contributed by atoms with Crippen LogP contribution in [0.4, 0.5) is 0 Å². The molecule has 2 aromatic carbocycles. The van der Waals surface area contributed by atoms with Gasteiger partial charge < -0.3 is 14.8 Å². The molecule has 6 nitrogen and oxygen atoms in total. The van der Waals surface area contributed by atoms with Crippen LogP contribution in [0.15, 0.2) is 54.0 Å². The van der Waals surface area contributed by atoms with Crippen molar-refractivity contribution in [3.05, 3.63) is 80.9 Å². The first-order valence-corrected chi connectivity index (χ1v) is 13.7. The van der Waals surface area contributed by atoms with Crippen LogP contribution in [-0.4, -0.2) is 58.2 Å². The summed E-state index contributed by atoms with van der Waals surface area (Å²) in [5.74, 6) is 0.840. The van der Waals surface area contributed by atoms with E-state index in [9.17, 15) is 5.11 Å². The Labute approximate surface area is 220 Å². The molecule has 2 aromatic heterocycles. The van der Waals surface area contributed by atoms with E-state index in [1.807, 2.05) is 18.3 Å². The van der Waals surface area contributed by atoms with Gasteiger partial charge in [-0.25, -0.2) is 4.98 Å². The minimum atomic E-state index is -0.0898. The lowest BCUT2D eigenvalue weighted by Crippen LogP contribution is -2.53. The molecule has 0 aliphatic carbocycles. The molecule has 2 aliphatic heterocycles. The third-order valence-electron chi connectivity index (χ3n) is 7.97. The van der Waals surface area contributed by atoms with Gasteiger partial charge in [0.25, 0.3) is 0 Å². The average Bonchev–Trinajstić information content (AvgIpc) is 3.55. The number of hydrogen-bond donors (Lipinski definition) is 2. The lowest BCUT2D eigenvalue weighted by Gasteiger charge is -2.50. The molecule has 4 aromatic rings. The third kappa shape index (κ3) is 4.33. The van der Waals surface area contributed by atoms with E-state index in [1.165, 1.54) is 21.5 Å². The summed E-state index contributed by atoms with van der Waals surface area (Å²) in [5.41, 5.74) is 4.83. The molecule has 2 N–H and O–H groups in total. The van der Waals surface area contributed by atoms with E-state index < -0.39 is 0 Å². The number of thiazole rings is 1. The standard InChI is InChI=1S/C28H31ClN4O2S/c1-35-21-6-7-22-23(14-21)31-27-24(17-34)33(15-19-2-4-20(29)5-3-19)18-28(26(22)27)8-11-32(12-9-28)16-25-30-10-13-36-25/h2-7,10,13-14,24,31,34H,8-9,11-12,15-18H2,1H3/t24-/m0/s1. The smallest absolute Gasteiger partial charge is 0.120 e. The van der Waals surface area contributed by atoms with Crippen LogP contribution >= 0.6 is 22.9 Å². The summed E-state index contributed by atoms with van der Waals surface area (Å²) in [7, 11) is 1.70. The zero-order valence-corrected chi connectivity index (χ0v) is 22.0. The molecule has 0 saturated carbocycles. The van der Waals surface area contributed by atoms with E-state index in [-0.39, 0.29) is 18.1 Å². The van der Waals surface area contributed by atoms with Gasteiger partial charge in [0.15, 0.2) is 0 Å². The van der Waals surface area contributed by atoms with E-state index in [0.29, 0.717) is 0 Å². The Kier molecular flexibility index (Phi) is 6.52. The topological polar surface area (TPSA) is 64.6 Å². The van der Waals surface area contributed by atoms with Crippen molar-refractivity contribution in [3.8, 4) is 5.75 Å². The Morgan fingerprint density at radius 2 is 1.97 bits per heavy atom. The number of benzene rings is 2. The molecule has 0 bridgehead atoms. The highest BCUT2D eigenvalue weighted by atomic mass is 35.5. The lowest BCUT2D eigenvalue weighted by atomic mass is 9.68. The molecular weight excluding hydrogens is 492 g/mol. The molecule has 1 fully saturated rings. The highest BCUT2D eigenvalue weighted by molar-refractivity contribution is 7.09. The number of aliphatic hydroxyl groups is 1. The van der Waals surface area contributed by atoms with Gasteiger partial charge in [0.2, 0.25) is 0 Å². The van der Waals surface area contributed by atoms with Crippen molar-refractivity contribution in [2.45, 2.75) is 37.4 Å². The van der Waals surface area contributed by atoms with Gasteiger partial charge >= 0.3 is 0 Å². The first kappa shape index (κ1) is 23.9. The molecule has 0 amide bonds. The maximum absolute atomic E-state index is 10.6.